The fourth-order valence-corrected chi connectivity index (χ4v) is 1.39. The molecule has 0 unspecified atom stereocenters. The highest BCUT2D eigenvalue weighted by molar-refractivity contribution is 6.20. The summed E-state index contributed by atoms with van der Waals surface area (Å²) in [6, 6.07) is 6.28. The van der Waals surface area contributed by atoms with Crippen LogP contribution in [0.4, 0.5) is 17.6 Å². The Morgan fingerprint density at radius 3 is 1.26 bits per heavy atom. The lowest BCUT2D eigenvalue weighted by molar-refractivity contribution is 0.388. The van der Waals surface area contributed by atoms with Crippen molar-refractivity contribution < 1.29 is 26.9 Å². The van der Waals surface area contributed by atoms with Crippen LogP contribution in [0.1, 0.15) is 0 Å². The summed E-state index contributed by atoms with van der Waals surface area (Å²) in [5.74, 6) is -5.07. The Morgan fingerprint density at radius 1 is 0.632 bits per heavy atom. The molecule has 0 aliphatic carbocycles. The van der Waals surface area contributed by atoms with Crippen LogP contribution in [0.15, 0.2) is 36.4 Å². The molecule has 0 N–H and O–H groups in total. The summed E-state index contributed by atoms with van der Waals surface area (Å²) in [7, 11) is -0.726. The van der Waals surface area contributed by atoms with E-state index in [1.54, 1.807) is 0 Å². The van der Waals surface area contributed by atoms with Crippen LogP contribution < -0.4 is 9.31 Å². The molecule has 0 heterocycles. The molecular formula is C12H7BF4O2. The normalized spacial score (nSPS) is 10.1. The molecule has 0 saturated carbocycles. The maximum Gasteiger partial charge on any atom is 0.576 e. The Balaban J connectivity index is 2.05. The highest BCUT2D eigenvalue weighted by atomic mass is 19.1. The van der Waals surface area contributed by atoms with Gasteiger partial charge in [-0.3, -0.25) is 0 Å². The van der Waals surface area contributed by atoms with Gasteiger partial charge in [0.1, 0.15) is 0 Å². The van der Waals surface area contributed by atoms with E-state index in [4.69, 9.17) is 0 Å². The summed E-state index contributed by atoms with van der Waals surface area (Å²) in [4.78, 5) is 0. The average Bonchev–Trinajstić information content (AvgIpc) is 2.36. The first-order valence-electron chi connectivity index (χ1n) is 5.23. The lowest BCUT2D eigenvalue weighted by Crippen LogP contribution is -2.14. The zero-order chi connectivity index (χ0) is 13.8. The summed E-state index contributed by atoms with van der Waals surface area (Å²) < 4.78 is 62.0. The lowest BCUT2D eigenvalue weighted by atomic mass is 10.2. The highest BCUT2D eigenvalue weighted by Gasteiger charge is 2.14. The SMILES string of the molecule is Fc1cccc(F)c1OBOc1c(F)cccc1F. The van der Waals surface area contributed by atoms with Gasteiger partial charge in [-0.2, -0.15) is 0 Å². The number of benzene rings is 2. The summed E-state index contributed by atoms with van der Waals surface area (Å²) >= 11 is 0. The van der Waals surface area contributed by atoms with Crippen LogP contribution >= 0.6 is 0 Å². The Kier molecular flexibility index (Phi) is 3.94. The molecule has 7 heteroatoms. The molecular weight excluding hydrogens is 263 g/mol. The Hall–Kier alpha value is -2.18. The van der Waals surface area contributed by atoms with E-state index in [0.29, 0.717) is 0 Å². The second-order valence-electron chi connectivity index (χ2n) is 3.51. The zero-order valence-electron chi connectivity index (χ0n) is 9.50. The van der Waals surface area contributed by atoms with E-state index in [2.05, 4.69) is 9.31 Å². The standard InChI is InChI=1S/C12H7BF4O2/c14-7-3-1-4-8(15)11(7)18-13-19-12-9(16)5-2-6-10(12)17/h1-6,13H. The van der Waals surface area contributed by atoms with E-state index in [-0.39, 0.29) is 0 Å². The van der Waals surface area contributed by atoms with Gasteiger partial charge >= 0.3 is 7.69 Å². The van der Waals surface area contributed by atoms with Crippen molar-refractivity contribution in [1.29, 1.82) is 0 Å². The zero-order valence-corrected chi connectivity index (χ0v) is 9.50. The quantitative estimate of drug-likeness (QED) is 0.628. The Bertz CT molecular complexity index is 500. The first-order valence-corrected chi connectivity index (χ1v) is 5.23. The van der Waals surface area contributed by atoms with E-state index in [9.17, 15) is 17.6 Å². The van der Waals surface area contributed by atoms with Gasteiger partial charge in [0, 0.05) is 0 Å². The molecule has 0 atom stereocenters. The van der Waals surface area contributed by atoms with Crippen LogP contribution in [-0.4, -0.2) is 7.69 Å². The van der Waals surface area contributed by atoms with Crippen molar-refractivity contribution in [3.8, 4) is 11.5 Å². The minimum Gasteiger partial charge on any atom is -0.524 e. The van der Waals surface area contributed by atoms with Crippen molar-refractivity contribution in [3.63, 3.8) is 0 Å². The first kappa shape index (κ1) is 13.3. The largest absolute Gasteiger partial charge is 0.576 e. The van der Waals surface area contributed by atoms with E-state index in [0.717, 1.165) is 36.4 Å². The third-order valence-corrected chi connectivity index (χ3v) is 2.24. The summed E-state index contributed by atoms with van der Waals surface area (Å²) in [6.07, 6.45) is 0. The van der Waals surface area contributed by atoms with Gasteiger partial charge in [0.2, 0.25) is 0 Å². The molecule has 2 aromatic carbocycles. The number of hydrogen-bond acceptors (Lipinski definition) is 2. The molecule has 0 aromatic heterocycles. The predicted molar refractivity (Wildman–Crippen MR) is 61.1 cm³/mol. The second kappa shape index (κ2) is 5.64. The van der Waals surface area contributed by atoms with E-state index in [1.165, 1.54) is 0 Å². The van der Waals surface area contributed by atoms with Crippen molar-refractivity contribution >= 4 is 7.69 Å². The molecule has 2 aromatic rings. The van der Waals surface area contributed by atoms with Gasteiger partial charge in [0.15, 0.2) is 34.8 Å². The van der Waals surface area contributed by atoms with E-state index < -0.39 is 42.5 Å². The van der Waals surface area contributed by atoms with Crippen molar-refractivity contribution in [2.45, 2.75) is 0 Å². The lowest BCUT2D eigenvalue weighted by Gasteiger charge is -2.09. The van der Waals surface area contributed by atoms with Crippen molar-refractivity contribution in [2.24, 2.45) is 0 Å². The van der Waals surface area contributed by atoms with Gasteiger partial charge in [0.25, 0.3) is 0 Å². The topological polar surface area (TPSA) is 18.5 Å². The predicted octanol–water partition coefficient (Wildman–Crippen LogP) is 2.97. The summed E-state index contributed by atoms with van der Waals surface area (Å²) in [5.41, 5.74) is 0. The van der Waals surface area contributed by atoms with Gasteiger partial charge in [-0.1, -0.05) is 12.1 Å². The van der Waals surface area contributed by atoms with Gasteiger partial charge < -0.3 is 9.31 Å². The minimum absolute atomic E-state index is 0.667. The molecule has 0 fully saturated rings. The van der Waals surface area contributed by atoms with Crippen molar-refractivity contribution in [2.75, 3.05) is 0 Å². The molecule has 2 rings (SSSR count). The number of halogens is 4. The van der Waals surface area contributed by atoms with Crippen LogP contribution in [0.5, 0.6) is 11.5 Å². The van der Waals surface area contributed by atoms with Gasteiger partial charge in [-0.25, -0.2) is 17.6 Å². The Labute approximate surface area is 106 Å². The molecule has 2 nitrogen and oxygen atoms in total. The van der Waals surface area contributed by atoms with Crippen LogP contribution in [0, 0.1) is 23.3 Å². The maximum absolute atomic E-state index is 13.2. The van der Waals surface area contributed by atoms with Gasteiger partial charge in [0.05, 0.1) is 0 Å². The molecule has 0 radical (unpaired) electrons. The molecule has 0 spiro atoms. The number of rotatable bonds is 4. The molecule has 0 bridgehead atoms. The van der Waals surface area contributed by atoms with Crippen molar-refractivity contribution in [3.05, 3.63) is 59.7 Å². The van der Waals surface area contributed by atoms with Gasteiger partial charge in [-0.05, 0) is 24.3 Å². The molecule has 98 valence electrons. The third-order valence-electron chi connectivity index (χ3n) is 2.24. The van der Waals surface area contributed by atoms with Crippen molar-refractivity contribution in [1.82, 2.24) is 0 Å². The van der Waals surface area contributed by atoms with E-state index >= 15 is 0 Å². The smallest absolute Gasteiger partial charge is 0.524 e. The fraction of sp³-hybridized carbons (Fsp3) is 0. The first-order chi connectivity index (χ1) is 9.09. The summed E-state index contributed by atoms with van der Waals surface area (Å²) in [6.45, 7) is 0. The third kappa shape index (κ3) is 2.99. The summed E-state index contributed by atoms with van der Waals surface area (Å²) in [5, 5.41) is 0. The van der Waals surface area contributed by atoms with Crippen LogP contribution in [0.25, 0.3) is 0 Å². The number of para-hydroxylation sites is 2. The number of hydrogen-bond donors (Lipinski definition) is 0. The molecule has 0 aliphatic rings. The van der Waals surface area contributed by atoms with E-state index in [1.807, 2.05) is 0 Å². The second-order valence-corrected chi connectivity index (χ2v) is 3.51. The van der Waals surface area contributed by atoms with Crippen LogP contribution in [0.2, 0.25) is 0 Å². The molecule has 0 aliphatic heterocycles. The Morgan fingerprint density at radius 2 is 0.947 bits per heavy atom. The van der Waals surface area contributed by atoms with Crippen LogP contribution in [-0.2, 0) is 0 Å². The monoisotopic (exact) mass is 270 g/mol. The fourth-order valence-electron chi connectivity index (χ4n) is 1.39. The maximum atomic E-state index is 13.2. The average molecular weight is 270 g/mol. The van der Waals surface area contributed by atoms with Gasteiger partial charge in [-0.15, -0.1) is 0 Å². The molecule has 0 amide bonds. The highest BCUT2D eigenvalue weighted by Crippen LogP contribution is 2.23. The molecule has 19 heavy (non-hydrogen) atoms. The minimum atomic E-state index is -0.933. The van der Waals surface area contributed by atoms with Crippen LogP contribution in [0.3, 0.4) is 0 Å². The molecule has 0 saturated heterocycles.